The molecule has 0 aliphatic carbocycles. The lowest BCUT2D eigenvalue weighted by Crippen LogP contribution is -2.22. The van der Waals surface area contributed by atoms with Gasteiger partial charge in [0.05, 0.1) is 6.42 Å². The molecule has 0 atom stereocenters. The molecule has 2 rings (SSSR count). The highest BCUT2D eigenvalue weighted by Gasteiger charge is 2.11. The summed E-state index contributed by atoms with van der Waals surface area (Å²) < 4.78 is 18.3. The minimum absolute atomic E-state index is 0.205. The Morgan fingerprint density at radius 3 is 2.36 bits per heavy atom. The predicted molar refractivity (Wildman–Crippen MR) is 90.4 cm³/mol. The highest BCUT2D eigenvalue weighted by Crippen LogP contribution is 2.15. The quantitative estimate of drug-likeness (QED) is 0.789. The fourth-order valence-corrected chi connectivity index (χ4v) is 2.07. The number of hydrogen-bond donors (Lipinski definition) is 2. The molecule has 0 unspecified atom stereocenters. The summed E-state index contributed by atoms with van der Waals surface area (Å²) in [7, 11) is 0. The molecule has 25 heavy (non-hydrogen) atoms. The summed E-state index contributed by atoms with van der Waals surface area (Å²) in [6, 6.07) is 12.4. The van der Waals surface area contributed by atoms with Gasteiger partial charge < -0.3 is 15.4 Å². The van der Waals surface area contributed by atoms with Crippen molar-refractivity contribution < 1.29 is 23.5 Å². The largest absolute Gasteiger partial charge is 0.455 e. The van der Waals surface area contributed by atoms with Crippen LogP contribution in [0.5, 0.6) is 0 Å². The van der Waals surface area contributed by atoms with E-state index in [0.717, 1.165) is 0 Å². The number of amides is 2. The van der Waals surface area contributed by atoms with Gasteiger partial charge in [-0.1, -0.05) is 24.3 Å². The van der Waals surface area contributed by atoms with Crippen LogP contribution in [0.3, 0.4) is 0 Å². The lowest BCUT2D eigenvalue weighted by Gasteiger charge is -2.09. The first kappa shape index (κ1) is 18.1. The van der Waals surface area contributed by atoms with Crippen molar-refractivity contribution >= 4 is 29.2 Å². The zero-order chi connectivity index (χ0) is 18.2. The minimum Gasteiger partial charge on any atom is -0.455 e. The number of esters is 1. The van der Waals surface area contributed by atoms with E-state index in [1.165, 1.54) is 25.1 Å². The molecule has 7 heteroatoms. The number of rotatable bonds is 6. The second-order valence-corrected chi connectivity index (χ2v) is 5.24. The van der Waals surface area contributed by atoms with Crippen molar-refractivity contribution in [3.63, 3.8) is 0 Å². The van der Waals surface area contributed by atoms with E-state index in [9.17, 15) is 18.8 Å². The third-order valence-corrected chi connectivity index (χ3v) is 3.12. The van der Waals surface area contributed by atoms with Gasteiger partial charge in [0.2, 0.25) is 5.91 Å². The van der Waals surface area contributed by atoms with E-state index < -0.39 is 24.3 Å². The van der Waals surface area contributed by atoms with Crippen LogP contribution >= 0.6 is 0 Å². The maximum Gasteiger partial charge on any atom is 0.310 e. The number of hydrogen-bond acceptors (Lipinski definition) is 4. The van der Waals surface area contributed by atoms with E-state index >= 15 is 0 Å². The van der Waals surface area contributed by atoms with Crippen molar-refractivity contribution in [1.82, 2.24) is 0 Å². The molecule has 0 saturated heterocycles. The van der Waals surface area contributed by atoms with Crippen LogP contribution in [-0.2, 0) is 25.5 Å². The molecule has 2 N–H and O–H groups in total. The number of halogens is 1. The first-order chi connectivity index (χ1) is 11.9. The zero-order valence-corrected chi connectivity index (χ0v) is 13.5. The zero-order valence-electron chi connectivity index (χ0n) is 13.5. The van der Waals surface area contributed by atoms with Crippen LogP contribution in [0.2, 0.25) is 0 Å². The summed E-state index contributed by atoms with van der Waals surface area (Å²) in [6.07, 6.45) is -0.252. The first-order valence-electron chi connectivity index (χ1n) is 7.50. The van der Waals surface area contributed by atoms with Gasteiger partial charge in [0.25, 0.3) is 5.91 Å². The van der Waals surface area contributed by atoms with Crippen molar-refractivity contribution in [3.05, 3.63) is 59.9 Å². The van der Waals surface area contributed by atoms with Crippen LogP contribution in [0.1, 0.15) is 12.5 Å². The van der Waals surface area contributed by atoms with Crippen molar-refractivity contribution in [2.24, 2.45) is 0 Å². The van der Waals surface area contributed by atoms with Crippen molar-refractivity contribution in [2.75, 3.05) is 17.2 Å². The average Bonchev–Trinajstić information content (AvgIpc) is 2.55. The summed E-state index contributed by atoms with van der Waals surface area (Å²) >= 11 is 0. The SMILES string of the molecule is CC(=O)Nc1cccc(NC(=O)COC(=O)Cc2ccccc2F)c1. The monoisotopic (exact) mass is 344 g/mol. The number of benzene rings is 2. The molecule has 0 heterocycles. The Labute approximate surface area is 144 Å². The minimum atomic E-state index is -0.702. The molecular weight excluding hydrogens is 327 g/mol. The highest BCUT2D eigenvalue weighted by molar-refractivity contribution is 5.94. The molecule has 0 saturated carbocycles. The number of carbonyl (C=O) groups is 3. The van der Waals surface area contributed by atoms with E-state index in [2.05, 4.69) is 10.6 Å². The molecule has 0 radical (unpaired) electrons. The van der Waals surface area contributed by atoms with E-state index in [-0.39, 0.29) is 17.9 Å². The number of carbonyl (C=O) groups excluding carboxylic acids is 3. The maximum atomic E-state index is 13.4. The number of anilines is 2. The Kier molecular flexibility index (Phi) is 6.22. The van der Waals surface area contributed by atoms with Gasteiger partial charge in [0.15, 0.2) is 6.61 Å². The van der Waals surface area contributed by atoms with Gasteiger partial charge in [0.1, 0.15) is 5.82 Å². The number of ether oxygens (including phenoxy) is 1. The first-order valence-corrected chi connectivity index (χ1v) is 7.50. The van der Waals surface area contributed by atoms with Gasteiger partial charge in [-0.2, -0.15) is 0 Å². The average molecular weight is 344 g/mol. The molecule has 130 valence electrons. The van der Waals surface area contributed by atoms with Crippen molar-refractivity contribution in [2.45, 2.75) is 13.3 Å². The second-order valence-electron chi connectivity index (χ2n) is 5.24. The second kappa shape index (κ2) is 8.58. The smallest absolute Gasteiger partial charge is 0.310 e. The molecule has 0 aliphatic rings. The molecule has 0 aromatic heterocycles. The van der Waals surface area contributed by atoms with E-state index in [0.29, 0.717) is 11.4 Å². The van der Waals surface area contributed by atoms with E-state index in [4.69, 9.17) is 4.74 Å². The maximum absolute atomic E-state index is 13.4. The van der Waals surface area contributed by atoms with Crippen LogP contribution < -0.4 is 10.6 Å². The summed E-state index contributed by atoms with van der Waals surface area (Å²) in [5.74, 6) is -1.97. The lowest BCUT2D eigenvalue weighted by atomic mass is 10.1. The third kappa shape index (κ3) is 6.06. The van der Waals surface area contributed by atoms with Gasteiger partial charge in [0, 0.05) is 18.3 Å². The Hall–Kier alpha value is -3.22. The van der Waals surface area contributed by atoms with E-state index in [1.807, 2.05) is 0 Å². The van der Waals surface area contributed by atoms with Gasteiger partial charge in [-0.05, 0) is 29.8 Å². The molecule has 2 aromatic carbocycles. The van der Waals surface area contributed by atoms with Gasteiger partial charge >= 0.3 is 5.97 Å². The molecule has 2 amide bonds. The summed E-state index contributed by atoms with van der Waals surface area (Å²) in [5, 5.41) is 5.13. The summed E-state index contributed by atoms with van der Waals surface area (Å²) in [6.45, 7) is 0.887. The standard InChI is InChI=1S/C18H17FN2O4/c1-12(22)20-14-6-4-7-15(10-14)21-17(23)11-25-18(24)9-13-5-2-3-8-16(13)19/h2-8,10H,9,11H2,1H3,(H,20,22)(H,21,23). The van der Waals surface area contributed by atoms with E-state index in [1.54, 1.807) is 30.3 Å². The summed E-state index contributed by atoms with van der Waals surface area (Å²) in [4.78, 5) is 34.5. The molecule has 2 aromatic rings. The Morgan fingerprint density at radius 2 is 1.68 bits per heavy atom. The van der Waals surface area contributed by atoms with Gasteiger partial charge in [-0.15, -0.1) is 0 Å². The molecule has 0 bridgehead atoms. The third-order valence-electron chi connectivity index (χ3n) is 3.12. The molecule has 6 nitrogen and oxygen atoms in total. The molecule has 0 spiro atoms. The van der Waals surface area contributed by atoms with Gasteiger partial charge in [-0.25, -0.2) is 4.39 Å². The van der Waals surface area contributed by atoms with Crippen LogP contribution in [0.4, 0.5) is 15.8 Å². The summed E-state index contributed by atoms with van der Waals surface area (Å²) in [5.41, 5.74) is 1.18. The number of nitrogens with one attached hydrogen (secondary N) is 2. The topological polar surface area (TPSA) is 84.5 Å². The van der Waals surface area contributed by atoms with Crippen molar-refractivity contribution in [1.29, 1.82) is 0 Å². The van der Waals surface area contributed by atoms with Crippen LogP contribution in [0.25, 0.3) is 0 Å². The molecular formula is C18H17FN2O4. The normalized spacial score (nSPS) is 10.0. The fourth-order valence-electron chi connectivity index (χ4n) is 2.07. The Balaban J connectivity index is 1.83. The Bertz CT molecular complexity index is 792. The Morgan fingerprint density at radius 1 is 1.00 bits per heavy atom. The lowest BCUT2D eigenvalue weighted by molar-refractivity contribution is -0.146. The van der Waals surface area contributed by atoms with Gasteiger partial charge in [-0.3, -0.25) is 14.4 Å². The van der Waals surface area contributed by atoms with Crippen LogP contribution in [0.15, 0.2) is 48.5 Å². The van der Waals surface area contributed by atoms with Crippen molar-refractivity contribution in [3.8, 4) is 0 Å². The fraction of sp³-hybridized carbons (Fsp3) is 0.167. The van der Waals surface area contributed by atoms with Crippen LogP contribution in [-0.4, -0.2) is 24.4 Å². The highest BCUT2D eigenvalue weighted by atomic mass is 19.1. The molecule has 0 aliphatic heterocycles. The molecule has 0 fully saturated rings. The predicted octanol–water partition coefficient (Wildman–Crippen LogP) is 2.51. The van der Waals surface area contributed by atoms with Crippen LogP contribution in [0, 0.1) is 5.82 Å².